The van der Waals surface area contributed by atoms with E-state index >= 15 is 0 Å². The second kappa shape index (κ2) is 3.54. The molecule has 1 rings (SSSR count). The van der Waals surface area contributed by atoms with Crippen LogP contribution in [0, 0.1) is 11.3 Å². The maximum atomic E-state index is 10.5. The Balaban J connectivity index is 3.21. The number of benzene rings is 1. The summed E-state index contributed by atoms with van der Waals surface area (Å²) in [6, 6.07) is 6.88. The maximum Gasteiger partial charge on any atom is 0.152 e. The third-order valence-corrected chi connectivity index (χ3v) is 1.58. The van der Waals surface area contributed by atoms with Crippen LogP contribution in [-0.2, 0) is 0 Å². The van der Waals surface area contributed by atoms with Gasteiger partial charge in [-0.15, -0.1) is 0 Å². The van der Waals surface area contributed by atoms with Gasteiger partial charge in [0.15, 0.2) is 6.29 Å². The van der Waals surface area contributed by atoms with Crippen molar-refractivity contribution in [2.45, 2.75) is 0 Å². The third-order valence-electron chi connectivity index (χ3n) is 1.58. The molecule has 1 N–H and O–H groups in total. The van der Waals surface area contributed by atoms with E-state index in [1.54, 1.807) is 25.2 Å². The van der Waals surface area contributed by atoms with Crippen LogP contribution in [-0.4, -0.2) is 13.3 Å². The summed E-state index contributed by atoms with van der Waals surface area (Å²) < 4.78 is 0. The Bertz CT molecular complexity index is 339. The normalized spacial score (nSPS) is 8.67. The van der Waals surface area contributed by atoms with Crippen molar-refractivity contribution >= 4 is 12.0 Å². The zero-order chi connectivity index (χ0) is 8.97. The Kier molecular flexibility index (Phi) is 2.44. The van der Waals surface area contributed by atoms with Gasteiger partial charge in [0.2, 0.25) is 0 Å². The molecule has 3 nitrogen and oxygen atoms in total. The monoisotopic (exact) mass is 160 g/mol. The molecule has 60 valence electrons. The van der Waals surface area contributed by atoms with Crippen LogP contribution in [0.3, 0.4) is 0 Å². The van der Waals surface area contributed by atoms with Gasteiger partial charge >= 0.3 is 0 Å². The van der Waals surface area contributed by atoms with Gasteiger partial charge in [-0.3, -0.25) is 4.79 Å². The van der Waals surface area contributed by atoms with E-state index in [0.717, 1.165) is 6.29 Å². The molecule has 0 fully saturated rings. The van der Waals surface area contributed by atoms with Gasteiger partial charge < -0.3 is 5.32 Å². The molecule has 0 saturated carbocycles. The molecule has 12 heavy (non-hydrogen) atoms. The minimum Gasteiger partial charge on any atom is -0.388 e. The molecule has 0 radical (unpaired) electrons. The molecule has 1 aromatic carbocycles. The predicted octanol–water partition coefficient (Wildman–Crippen LogP) is 1.41. The van der Waals surface area contributed by atoms with Crippen molar-refractivity contribution in [2.75, 3.05) is 12.4 Å². The van der Waals surface area contributed by atoms with E-state index in [-0.39, 0.29) is 0 Å². The first-order valence-electron chi connectivity index (χ1n) is 3.49. The summed E-state index contributed by atoms with van der Waals surface area (Å²) >= 11 is 0. The summed E-state index contributed by atoms with van der Waals surface area (Å²) in [5.41, 5.74) is 1.80. The number of aldehydes is 1. The predicted molar refractivity (Wildman–Crippen MR) is 46.1 cm³/mol. The molecular formula is C9H8N2O. The second-order valence-corrected chi connectivity index (χ2v) is 2.28. The number of hydrogen-bond donors (Lipinski definition) is 1. The number of nitrogens with one attached hydrogen (secondary N) is 1. The summed E-state index contributed by atoms with van der Waals surface area (Å²) in [6.45, 7) is 0. The van der Waals surface area contributed by atoms with E-state index in [2.05, 4.69) is 5.32 Å². The molecule has 0 heterocycles. The number of nitriles is 1. The highest BCUT2D eigenvalue weighted by molar-refractivity contribution is 5.84. The standard InChI is InChI=1S/C9H8N2O/c1-11-9-4-7(5-10)2-3-8(9)6-12/h2-4,6,11H,1H3. The van der Waals surface area contributed by atoms with Crippen LogP contribution in [0.15, 0.2) is 18.2 Å². The summed E-state index contributed by atoms with van der Waals surface area (Å²) in [5.74, 6) is 0. The third kappa shape index (κ3) is 1.43. The van der Waals surface area contributed by atoms with Crippen LogP contribution in [0.4, 0.5) is 5.69 Å². The first-order valence-corrected chi connectivity index (χ1v) is 3.49. The molecular weight excluding hydrogens is 152 g/mol. The van der Waals surface area contributed by atoms with E-state index in [1.807, 2.05) is 6.07 Å². The first kappa shape index (κ1) is 8.28. The Morgan fingerprint density at radius 1 is 1.58 bits per heavy atom. The molecule has 0 aromatic heterocycles. The van der Waals surface area contributed by atoms with Crippen molar-refractivity contribution in [3.63, 3.8) is 0 Å². The fourth-order valence-corrected chi connectivity index (χ4v) is 0.945. The molecule has 0 unspecified atom stereocenters. The number of nitrogens with zero attached hydrogens (tertiary/aromatic N) is 1. The molecule has 0 bridgehead atoms. The first-order chi connectivity index (χ1) is 5.81. The van der Waals surface area contributed by atoms with Gasteiger partial charge in [0.1, 0.15) is 0 Å². The van der Waals surface area contributed by atoms with Crippen molar-refractivity contribution in [2.24, 2.45) is 0 Å². The number of carbonyl (C=O) groups is 1. The van der Waals surface area contributed by atoms with Crippen LogP contribution < -0.4 is 5.32 Å². The Hall–Kier alpha value is -1.82. The van der Waals surface area contributed by atoms with Gasteiger partial charge in [-0.2, -0.15) is 5.26 Å². The van der Waals surface area contributed by atoms with Crippen molar-refractivity contribution < 1.29 is 4.79 Å². The van der Waals surface area contributed by atoms with E-state index < -0.39 is 0 Å². The van der Waals surface area contributed by atoms with Crippen LogP contribution in [0.1, 0.15) is 15.9 Å². The lowest BCUT2D eigenvalue weighted by atomic mass is 10.1. The molecule has 0 aliphatic carbocycles. The second-order valence-electron chi connectivity index (χ2n) is 2.28. The summed E-state index contributed by atoms with van der Waals surface area (Å²) in [5, 5.41) is 11.4. The largest absolute Gasteiger partial charge is 0.388 e. The SMILES string of the molecule is CNc1cc(C#N)ccc1C=O. The van der Waals surface area contributed by atoms with E-state index in [4.69, 9.17) is 5.26 Å². The zero-order valence-electron chi connectivity index (χ0n) is 6.66. The lowest BCUT2D eigenvalue weighted by molar-refractivity contribution is 0.112. The van der Waals surface area contributed by atoms with Gasteiger partial charge in [-0.05, 0) is 18.2 Å². The van der Waals surface area contributed by atoms with Crippen LogP contribution in [0.5, 0.6) is 0 Å². The number of hydrogen-bond acceptors (Lipinski definition) is 3. The van der Waals surface area contributed by atoms with E-state index in [9.17, 15) is 4.79 Å². The Morgan fingerprint density at radius 3 is 2.83 bits per heavy atom. The fourth-order valence-electron chi connectivity index (χ4n) is 0.945. The van der Waals surface area contributed by atoms with Gasteiger partial charge in [0, 0.05) is 18.3 Å². The smallest absolute Gasteiger partial charge is 0.152 e. The molecule has 0 spiro atoms. The maximum absolute atomic E-state index is 10.5. The Labute approximate surface area is 70.6 Å². The summed E-state index contributed by atoms with van der Waals surface area (Å²) in [6.07, 6.45) is 0.757. The average molecular weight is 160 g/mol. The topological polar surface area (TPSA) is 52.9 Å². The quantitative estimate of drug-likeness (QED) is 0.665. The van der Waals surface area contributed by atoms with Crippen LogP contribution in [0.25, 0.3) is 0 Å². The highest BCUT2D eigenvalue weighted by atomic mass is 16.1. The van der Waals surface area contributed by atoms with Crippen molar-refractivity contribution in [1.29, 1.82) is 5.26 Å². The zero-order valence-corrected chi connectivity index (χ0v) is 6.66. The lowest BCUT2D eigenvalue weighted by Crippen LogP contribution is -1.94. The molecule has 0 aliphatic rings. The van der Waals surface area contributed by atoms with Gasteiger partial charge in [-0.1, -0.05) is 0 Å². The van der Waals surface area contributed by atoms with Crippen molar-refractivity contribution in [3.05, 3.63) is 29.3 Å². The molecule has 3 heteroatoms. The number of rotatable bonds is 2. The minimum atomic E-state index is 0.546. The molecule has 0 saturated heterocycles. The number of anilines is 1. The molecule has 0 aliphatic heterocycles. The molecule has 0 amide bonds. The van der Waals surface area contributed by atoms with Gasteiger partial charge in [0.25, 0.3) is 0 Å². The van der Waals surface area contributed by atoms with Crippen LogP contribution in [0.2, 0.25) is 0 Å². The van der Waals surface area contributed by atoms with Crippen molar-refractivity contribution in [3.8, 4) is 6.07 Å². The molecule has 0 atom stereocenters. The number of carbonyl (C=O) groups excluding carboxylic acids is 1. The summed E-state index contributed by atoms with van der Waals surface area (Å²) in [7, 11) is 1.71. The van der Waals surface area contributed by atoms with Gasteiger partial charge in [-0.25, -0.2) is 0 Å². The fraction of sp³-hybridized carbons (Fsp3) is 0.111. The average Bonchev–Trinajstić information content (AvgIpc) is 2.16. The van der Waals surface area contributed by atoms with Crippen LogP contribution >= 0.6 is 0 Å². The minimum absolute atomic E-state index is 0.546. The molecule has 1 aromatic rings. The van der Waals surface area contributed by atoms with E-state index in [1.165, 1.54) is 0 Å². The lowest BCUT2D eigenvalue weighted by Gasteiger charge is -2.02. The highest BCUT2D eigenvalue weighted by Gasteiger charge is 1.99. The highest BCUT2D eigenvalue weighted by Crippen LogP contribution is 2.14. The van der Waals surface area contributed by atoms with Gasteiger partial charge in [0.05, 0.1) is 11.6 Å². The summed E-state index contributed by atoms with van der Waals surface area (Å²) in [4.78, 5) is 10.5. The van der Waals surface area contributed by atoms with E-state index in [0.29, 0.717) is 16.8 Å². The Morgan fingerprint density at radius 2 is 2.33 bits per heavy atom. The van der Waals surface area contributed by atoms with Crippen molar-refractivity contribution in [1.82, 2.24) is 0 Å².